The Morgan fingerprint density at radius 3 is 2.50 bits per heavy atom. The van der Waals surface area contributed by atoms with Crippen LogP contribution in [0.15, 0.2) is 12.1 Å². The zero-order chi connectivity index (χ0) is 13.9. The molecule has 3 rings (SSSR count). The van der Waals surface area contributed by atoms with Gasteiger partial charge in [-0.3, -0.25) is 4.79 Å². The molecule has 0 aliphatic heterocycles. The van der Waals surface area contributed by atoms with Crippen molar-refractivity contribution in [2.24, 2.45) is 5.92 Å². The lowest BCUT2D eigenvalue weighted by Crippen LogP contribution is -2.29. The Morgan fingerprint density at radius 1 is 1.15 bits per heavy atom. The van der Waals surface area contributed by atoms with Crippen molar-refractivity contribution >= 4 is 12.0 Å². The van der Waals surface area contributed by atoms with Gasteiger partial charge in [-0.2, -0.15) is 0 Å². The molecule has 1 fully saturated rings. The lowest BCUT2D eigenvalue weighted by molar-refractivity contribution is 0.112. The van der Waals surface area contributed by atoms with Crippen LogP contribution in [0, 0.1) is 5.92 Å². The van der Waals surface area contributed by atoms with Crippen molar-refractivity contribution in [3.8, 4) is 0 Å². The minimum absolute atomic E-state index is 0.822. The van der Waals surface area contributed by atoms with Crippen LogP contribution in [0.1, 0.15) is 60.5 Å². The maximum absolute atomic E-state index is 11.5. The van der Waals surface area contributed by atoms with Crippen molar-refractivity contribution in [2.45, 2.75) is 51.9 Å². The number of carbonyl (C=O) groups is 1. The second kappa shape index (κ2) is 5.99. The highest BCUT2D eigenvalue weighted by atomic mass is 16.1. The summed E-state index contributed by atoms with van der Waals surface area (Å²) in [4.78, 5) is 13.9. The van der Waals surface area contributed by atoms with Gasteiger partial charge in [-0.1, -0.05) is 12.8 Å². The van der Waals surface area contributed by atoms with Gasteiger partial charge in [0, 0.05) is 24.3 Å². The van der Waals surface area contributed by atoms with E-state index in [0.29, 0.717) is 0 Å². The van der Waals surface area contributed by atoms with Gasteiger partial charge in [0.2, 0.25) is 0 Å². The van der Waals surface area contributed by atoms with Crippen LogP contribution in [0.4, 0.5) is 5.69 Å². The van der Waals surface area contributed by atoms with E-state index in [1.54, 1.807) is 0 Å². The number of rotatable bonds is 5. The van der Waals surface area contributed by atoms with Gasteiger partial charge in [0.25, 0.3) is 0 Å². The zero-order valence-electron chi connectivity index (χ0n) is 12.5. The summed E-state index contributed by atoms with van der Waals surface area (Å²) < 4.78 is 0. The molecule has 20 heavy (non-hydrogen) atoms. The first-order chi connectivity index (χ1) is 9.81. The van der Waals surface area contributed by atoms with E-state index in [4.69, 9.17) is 0 Å². The third-order valence-corrected chi connectivity index (χ3v) is 5.04. The minimum atomic E-state index is 0.822. The molecule has 0 heterocycles. The lowest BCUT2D eigenvalue weighted by Gasteiger charge is -2.28. The van der Waals surface area contributed by atoms with E-state index in [1.807, 2.05) is 0 Å². The van der Waals surface area contributed by atoms with Crippen LogP contribution in [-0.2, 0) is 12.8 Å². The number of hydrogen-bond donors (Lipinski definition) is 0. The number of aldehydes is 1. The van der Waals surface area contributed by atoms with Gasteiger partial charge in [0.1, 0.15) is 0 Å². The molecule has 0 unspecified atom stereocenters. The maximum atomic E-state index is 11.5. The SMILES string of the molecule is CCN(CC1CCCC1)c1cc2c(cc1C=O)CCC2. The molecule has 0 amide bonds. The fraction of sp³-hybridized carbons (Fsp3) is 0.611. The molecule has 0 spiro atoms. The maximum Gasteiger partial charge on any atom is 0.152 e. The van der Waals surface area contributed by atoms with Crippen molar-refractivity contribution in [1.82, 2.24) is 0 Å². The third-order valence-electron chi connectivity index (χ3n) is 5.04. The molecule has 108 valence electrons. The zero-order valence-corrected chi connectivity index (χ0v) is 12.5. The molecule has 0 aromatic heterocycles. The number of hydrogen-bond acceptors (Lipinski definition) is 2. The molecule has 2 aliphatic carbocycles. The van der Waals surface area contributed by atoms with E-state index in [-0.39, 0.29) is 0 Å². The summed E-state index contributed by atoms with van der Waals surface area (Å²) in [6.45, 7) is 4.32. The highest BCUT2D eigenvalue weighted by molar-refractivity contribution is 5.85. The average molecular weight is 271 g/mol. The number of fused-ring (bicyclic) bond motifs is 1. The standard InChI is InChI=1S/C18H25NO/c1-2-19(12-14-6-3-4-7-14)18-11-16-9-5-8-15(16)10-17(18)13-20/h10-11,13-14H,2-9,12H2,1H3. The number of anilines is 1. The minimum Gasteiger partial charge on any atom is -0.371 e. The first kappa shape index (κ1) is 13.7. The van der Waals surface area contributed by atoms with E-state index < -0.39 is 0 Å². The molecular weight excluding hydrogens is 246 g/mol. The van der Waals surface area contributed by atoms with Crippen molar-refractivity contribution in [2.75, 3.05) is 18.0 Å². The Kier molecular flexibility index (Phi) is 4.09. The molecule has 2 heteroatoms. The molecule has 0 saturated heterocycles. The summed E-state index contributed by atoms with van der Waals surface area (Å²) in [7, 11) is 0. The van der Waals surface area contributed by atoms with Gasteiger partial charge >= 0.3 is 0 Å². The van der Waals surface area contributed by atoms with Crippen LogP contribution in [-0.4, -0.2) is 19.4 Å². The van der Waals surface area contributed by atoms with Gasteiger partial charge < -0.3 is 4.90 Å². The van der Waals surface area contributed by atoms with E-state index in [0.717, 1.165) is 37.3 Å². The predicted molar refractivity (Wildman–Crippen MR) is 83.7 cm³/mol. The number of benzene rings is 1. The highest BCUT2D eigenvalue weighted by Gasteiger charge is 2.21. The largest absolute Gasteiger partial charge is 0.371 e. The Labute approximate surface area is 122 Å². The molecule has 0 bridgehead atoms. The number of aryl methyl sites for hydroxylation is 2. The van der Waals surface area contributed by atoms with Gasteiger partial charge in [0.05, 0.1) is 0 Å². The van der Waals surface area contributed by atoms with Gasteiger partial charge in [-0.05, 0) is 68.2 Å². The van der Waals surface area contributed by atoms with Crippen molar-refractivity contribution in [3.63, 3.8) is 0 Å². The van der Waals surface area contributed by atoms with E-state index >= 15 is 0 Å². The summed E-state index contributed by atoms with van der Waals surface area (Å²) in [5, 5.41) is 0. The normalized spacial score (nSPS) is 18.2. The highest BCUT2D eigenvalue weighted by Crippen LogP contribution is 2.32. The third kappa shape index (κ3) is 2.61. The molecule has 1 aromatic rings. The summed E-state index contributed by atoms with van der Waals surface area (Å²) in [6.07, 6.45) is 10.1. The van der Waals surface area contributed by atoms with Crippen LogP contribution in [0.2, 0.25) is 0 Å². The van der Waals surface area contributed by atoms with Crippen LogP contribution in [0.25, 0.3) is 0 Å². The van der Waals surface area contributed by atoms with Gasteiger partial charge in [-0.25, -0.2) is 0 Å². The van der Waals surface area contributed by atoms with Crippen LogP contribution < -0.4 is 4.90 Å². The summed E-state index contributed by atoms with van der Waals surface area (Å²) in [5.74, 6) is 0.822. The Hall–Kier alpha value is -1.31. The van der Waals surface area contributed by atoms with Crippen molar-refractivity contribution in [3.05, 3.63) is 28.8 Å². The second-order valence-electron chi connectivity index (χ2n) is 6.34. The summed E-state index contributed by atoms with van der Waals surface area (Å²) in [5.41, 5.74) is 4.93. The monoisotopic (exact) mass is 271 g/mol. The topological polar surface area (TPSA) is 20.3 Å². The van der Waals surface area contributed by atoms with E-state index in [9.17, 15) is 4.79 Å². The summed E-state index contributed by atoms with van der Waals surface area (Å²) in [6, 6.07) is 4.44. The molecule has 2 nitrogen and oxygen atoms in total. The quantitative estimate of drug-likeness (QED) is 0.754. The molecule has 2 aliphatic rings. The van der Waals surface area contributed by atoms with E-state index in [1.165, 1.54) is 55.3 Å². The average Bonchev–Trinajstić information content (AvgIpc) is 3.14. The lowest BCUT2D eigenvalue weighted by atomic mass is 10.0. The van der Waals surface area contributed by atoms with Crippen LogP contribution in [0.5, 0.6) is 0 Å². The van der Waals surface area contributed by atoms with Crippen LogP contribution >= 0.6 is 0 Å². The molecule has 0 N–H and O–H groups in total. The number of carbonyl (C=O) groups excluding carboxylic acids is 1. The summed E-state index contributed by atoms with van der Waals surface area (Å²) >= 11 is 0. The smallest absolute Gasteiger partial charge is 0.152 e. The second-order valence-corrected chi connectivity index (χ2v) is 6.34. The first-order valence-corrected chi connectivity index (χ1v) is 8.17. The molecular formula is C18H25NO. The van der Waals surface area contributed by atoms with Crippen molar-refractivity contribution in [1.29, 1.82) is 0 Å². The predicted octanol–water partition coefficient (Wildman–Crippen LogP) is 4.00. The molecule has 1 saturated carbocycles. The number of nitrogens with zero attached hydrogens (tertiary/aromatic N) is 1. The Bertz CT molecular complexity index is 488. The molecule has 0 atom stereocenters. The van der Waals surface area contributed by atoms with Gasteiger partial charge in [-0.15, -0.1) is 0 Å². The Balaban J connectivity index is 1.87. The first-order valence-electron chi connectivity index (χ1n) is 8.17. The van der Waals surface area contributed by atoms with Crippen LogP contribution in [0.3, 0.4) is 0 Å². The molecule has 1 aromatic carbocycles. The fourth-order valence-corrected chi connectivity index (χ4v) is 3.90. The van der Waals surface area contributed by atoms with Crippen molar-refractivity contribution < 1.29 is 4.79 Å². The van der Waals surface area contributed by atoms with Gasteiger partial charge in [0.15, 0.2) is 6.29 Å². The fourth-order valence-electron chi connectivity index (χ4n) is 3.90. The Morgan fingerprint density at radius 2 is 1.85 bits per heavy atom. The van der Waals surface area contributed by atoms with E-state index in [2.05, 4.69) is 24.0 Å². The molecule has 0 radical (unpaired) electrons.